The van der Waals surface area contributed by atoms with Crippen molar-refractivity contribution in [2.75, 3.05) is 5.32 Å². The second-order valence-electron chi connectivity index (χ2n) is 4.23. The summed E-state index contributed by atoms with van der Waals surface area (Å²) in [6.45, 7) is 0.0327. The molecule has 0 unspecified atom stereocenters. The second kappa shape index (κ2) is 6.73. The molecule has 0 bridgehead atoms. The Morgan fingerprint density at radius 1 is 1.32 bits per heavy atom. The van der Waals surface area contributed by atoms with Gasteiger partial charge in [0.2, 0.25) is 10.0 Å². The van der Waals surface area contributed by atoms with Crippen LogP contribution in [0, 0.1) is 0 Å². The van der Waals surface area contributed by atoms with E-state index in [1.54, 1.807) is 24.3 Å². The van der Waals surface area contributed by atoms with E-state index < -0.39 is 21.0 Å². The van der Waals surface area contributed by atoms with E-state index in [0.29, 0.717) is 0 Å². The number of benzene rings is 1. The molecule has 1 aromatic heterocycles. The van der Waals surface area contributed by atoms with Crippen LogP contribution < -0.4 is 10.5 Å². The van der Waals surface area contributed by atoms with Crippen LogP contribution in [0.25, 0.3) is 0 Å². The van der Waals surface area contributed by atoms with Crippen molar-refractivity contribution in [3.63, 3.8) is 0 Å². The van der Waals surface area contributed by atoms with Crippen molar-refractivity contribution in [2.24, 2.45) is 5.14 Å². The van der Waals surface area contributed by atoms with E-state index in [4.69, 9.17) is 21.5 Å². The Labute approximate surface area is 132 Å². The second-order valence-corrected chi connectivity index (χ2v) is 6.20. The predicted octanol–water partition coefficient (Wildman–Crippen LogP) is 2.13. The smallest absolute Gasteiger partial charge is 0.413 e. The normalized spacial score (nSPS) is 11.0. The average molecular weight is 342 g/mol. The summed E-state index contributed by atoms with van der Waals surface area (Å²) in [5.74, 6) is -0.245. The zero-order chi connectivity index (χ0) is 16.2. The Morgan fingerprint density at radius 2 is 2.00 bits per heavy atom. The number of ether oxygens (including phenoxy) is 1. The highest BCUT2D eigenvalue weighted by Crippen LogP contribution is 2.21. The first-order valence-electron chi connectivity index (χ1n) is 6.02. The van der Waals surface area contributed by atoms with Crippen LogP contribution in [0.3, 0.4) is 0 Å². The van der Waals surface area contributed by atoms with Gasteiger partial charge in [0.25, 0.3) is 0 Å². The fourth-order valence-electron chi connectivity index (χ4n) is 1.59. The highest BCUT2D eigenvalue weighted by Gasteiger charge is 2.18. The average Bonchev–Trinajstić information content (AvgIpc) is 2.47. The number of carbonyl (C=O) groups is 1. The summed E-state index contributed by atoms with van der Waals surface area (Å²) in [5, 5.41) is 7.35. The molecule has 22 heavy (non-hydrogen) atoms. The van der Waals surface area contributed by atoms with Crippen LogP contribution in [0.2, 0.25) is 5.02 Å². The van der Waals surface area contributed by atoms with Gasteiger partial charge in [0.15, 0.2) is 5.82 Å². The van der Waals surface area contributed by atoms with Crippen molar-refractivity contribution in [1.29, 1.82) is 0 Å². The summed E-state index contributed by atoms with van der Waals surface area (Å²) in [4.78, 5) is 15.1. The van der Waals surface area contributed by atoms with Crippen molar-refractivity contribution >= 4 is 33.5 Å². The summed E-state index contributed by atoms with van der Waals surface area (Å²) in [5.41, 5.74) is 0.786. The number of sulfonamides is 1. The van der Waals surface area contributed by atoms with Gasteiger partial charge in [0.1, 0.15) is 11.5 Å². The molecule has 0 aliphatic rings. The molecule has 1 heterocycles. The third-order valence-electron chi connectivity index (χ3n) is 2.56. The SMILES string of the molecule is NS(=O)(=O)c1cc(Cl)cnc1NC(=O)OCc1ccccc1. The molecule has 0 radical (unpaired) electrons. The van der Waals surface area contributed by atoms with E-state index >= 15 is 0 Å². The first-order chi connectivity index (χ1) is 10.4. The number of primary sulfonamides is 1. The molecule has 0 saturated carbocycles. The Bertz CT molecular complexity index is 781. The summed E-state index contributed by atoms with van der Waals surface area (Å²) < 4.78 is 27.9. The quantitative estimate of drug-likeness (QED) is 0.884. The molecule has 0 fully saturated rings. The van der Waals surface area contributed by atoms with Gasteiger partial charge in [-0.25, -0.2) is 23.3 Å². The molecule has 2 aromatic rings. The maximum atomic E-state index is 11.7. The maximum absolute atomic E-state index is 11.7. The van der Waals surface area contributed by atoms with E-state index in [2.05, 4.69) is 10.3 Å². The number of nitrogens with zero attached hydrogens (tertiary/aromatic N) is 1. The lowest BCUT2D eigenvalue weighted by Crippen LogP contribution is -2.20. The Morgan fingerprint density at radius 3 is 2.64 bits per heavy atom. The number of nitrogens with two attached hydrogens (primary N) is 1. The Balaban J connectivity index is 2.09. The fourth-order valence-corrected chi connectivity index (χ4v) is 2.47. The van der Waals surface area contributed by atoms with Crippen molar-refractivity contribution in [1.82, 2.24) is 4.98 Å². The van der Waals surface area contributed by atoms with Crippen molar-refractivity contribution in [3.8, 4) is 0 Å². The molecule has 116 valence electrons. The highest BCUT2D eigenvalue weighted by atomic mass is 35.5. The van der Waals surface area contributed by atoms with Crippen LogP contribution in [0.4, 0.5) is 10.6 Å². The monoisotopic (exact) mass is 341 g/mol. The summed E-state index contributed by atoms with van der Waals surface area (Å²) in [6, 6.07) is 10.1. The largest absolute Gasteiger partial charge is 0.444 e. The third-order valence-corrected chi connectivity index (χ3v) is 3.69. The van der Waals surface area contributed by atoms with Crippen LogP contribution in [-0.2, 0) is 21.4 Å². The summed E-state index contributed by atoms with van der Waals surface area (Å²) in [6.07, 6.45) is 0.326. The van der Waals surface area contributed by atoms with Crippen molar-refractivity contribution < 1.29 is 17.9 Å². The minimum Gasteiger partial charge on any atom is -0.444 e. The van der Waals surface area contributed by atoms with Crippen LogP contribution >= 0.6 is 11.6 Å². The van der Waals surface area contributed by atoms with Gasteiger partial charge < -0.3 is 4.74 Å². The number of amides is 1. The Kier molecular flexibility index (Phi) is 4.96. The fraction of sp³-hybridized carbons (Fsp3) is 0.0769. The summed E-state index contributed by atoms with van der Waals surface area (Å²) in [7, 11) is -4.09. The van der Waals surface area contributed by atoms with E-state index in [9.17, 15) is 13.2 Å². The van der Waals surface area contributed by atoms with Crippen LogP contribution in [0.5, 0.6) is 0 Å². The van der Waals surface area contributed by atoms with Gasteiger partial charge in [-0.1, -0.05) is 41.9 Å². The topological polar surface area (TPSA) is 111 Å². The maximum Gasteiger partial charge on any atom is 0.413 e. The predicted molar refractivity (Wildman–Crippen MR) is 80.9 cm³/mol. The van der Waals surface area contributed by atoms with Crippen LogP contribution in [0.1, 0.15) is 5.56 Å². The number of pyridine rings is 1. The number of hydrogen-bond acceptors (Lipinski definition) is 5. The number of anilines is 1. The van der Waals surface area contributed by atoms with Crippen LogP contribution in [0.15, 0.2) is 47.5 Å². The molecular weight excluding hydrogens is 330 g/mol. The van der Waals surface area contributed by atoms with Crippen LogP contribution in [-0.4, -0.2) is 19.5 Å². The van der Waals surface area contributed by atoms with E-state index in [1.165, 1.54) is 6.20 Å². The molecular formula is C13H12ClN3O4S. The van der Waals surface area contributed by atoms with E-state index in [0.717, 1.165) is 11.6 Å². The van der Waals surface area contributed by atoms with Crippen molar-refractivity contribution in [2.45, 2.75) is 11.5 Å². The van der Waals surface area contributed by atoms with Crippen molar-refractivity contribution in [3.05, 3.63) is 53.2 Å². The number of carbonyl (C=O) groups excluding carboxylic acids is 1. The minimum atomic E-state index is -4.09. The molecule has 0 aliphatic carbocycles. The molecule has 7 nitrogen and oxygen atoms in total. The lowest BCUT2D eigenvalue weighted by Gasteiger charge is -2.09. The van der Waals surface area contributed by atoms with Gasteiger partial charge in [0, 0.05) is 6.20 Å². The first kappa shape index (κ1) is 16.2. The van der Waals surface area contributed by atoms with E-state index in [1.807, 2.05) is 6.07 Å². The zero-order valence-electron chi connectivity index (χ0n) is 11.2. The number of hydrogen-bond donors (Lipinski definition) is 2. The molecule has 9 heteroatoms. The Hall–Kier alpha value is -2.16. The molecule has 3 N–H and O–H groups in total. The van der Waals surface area contributed by atoms with Gasteiger partial charge >= 0.3 is 6.09 Å². The number of halogens is 1. The zero-order valence-corrected chi connectivity index (χ0v) is 12.8. The molecule has 1 amide bonds. The lowest BCUT2D eigenvalue weighted by molar-refractivity contribution is 0.155. The van der Waals surface area contributed by atoms with Gasteiger partial charge in [-0.3, -0.25) is 5.32 Å². The molecule has 0 aliphatic heterocycles. The number of rotatable bonds is 4. The van der Waals surface area contributed by atoms with Gasteiger partial charge in [-0.2, -0.15) is 0 Å². The van der Waals surface area contributed by atoms with E-state index in [-0.39, 0.29) is 17.4 Å². The number of nitrogens with one attached hydrogen (secondary N) is 1. The van der Waals surface area contributed by atoms with Gasteiger partial charge in [0.05, 0.1) is 5.02 Å². The minimum absolute atomic E-state index is 0.0327. The molecule has 1 aromatic carbocycles. The summed E-state index contributed by atoms with van der Waals surface area (Å²) >= 11 is 5.67. The highest BCUT2D eigenvalue weighted by molar-refractivity contribution is 7.89. The molecule has 0 atom stereocenters. The lowest BCUT2D eigenvalue weighted by atomic mass is 10.2. The molecule has 0 saturated heterocycles. The number of aromatic nitrogens is 1. The molecule has 2 rings (SSSR count). The third kappa shape index (κ3) is 4.42. The molecule has 0 spiro atoms. The first-order valence-corrected chi connectivity index (χ1v) is 7.95. The van der Waals surface area contributed by atoms with Gasteiger partial charge in [-0.05, 0) is 11.6 Å². The standard InChI is InChI=1S/C13H12ClN3O4S/c14-10-6-11(22(15,19)20)12(16-7-10)17-13(18)21-8-9-4-2-1-3-5-9/h1-7H,8H2,(H2,15,19,20)(H,16,17,18). The van der Waals surface area contributed by atoms with Gasteiger partial charge in [-0.15, -0.1) is 0 Å².